The number of ether oxygens (including phenoxy) is 2. The number of thiophene rings is 1. The van der Waals surface area contributed by atoms with Gasteiger partial charge in [0.1, 0.15) is 13.2 Å². The highest BCUT2D eigenvalue weighted by Gasteiger charge is 2.50. The van der Waals surface area contributed by atoms with Crippen LogP contribution in [0.25, 0.3) is 0 Å². The zero-order valence-electron chi connectivity index (χ0n) is 15.0. The Morgan fingerprint density at radius 1 is 1.14 bits per heavy atom. The van der Waals surface area contributed by atoms with E-state index in [9.17, 15) is 13.2 Å². The molecule has 1 N–H and O–H groups in total. The van der Waals surface area contributed by atoms with E-state index in [1.54, 1.807) is 28.6 Å². The molecule has 148 valence electrons. The molecule has 1 aliphatic carbocycles. The summed E-state index contributed by atoms with van der Waals surface area (Å²) >= 11 is 1.41. The van der Waals surface area contributed by atoms with Gasteiger partial charge in [-0.3, -0.25) is 4.79 Å². The van der Waals surface area contributed by atoms with Crippen molar-refractivity contribution in [2.24, 2.45) is 5.92 Å². The predicted molar refractivity (Wildman–Crippen MR) is 103 cm³/mol. The first-order valence-corrected chi connectivity index (χ1v) is 11.6. The van der Waals surface area contributed by atoms with E-state index < -0.39 is 10.0 Å². The molecule has 1 amide bonds. The molecule has 2 fully saturated rings. The number of sulfonamides is 1. The van der Waals surface area contributed by atoms with E-state index in [4.69, 9.17) is 9.47 Å². The Labute approximate surface area is 167 Å². The van der Waals surface area contributed by atoms with Crippen molar-refractivity contribution >= 4 is 27.3 Å². The van der Waals surface area contributed by atoms with Crippen LogP contribution in [0.5, 0.6) is 11.5 Å². The van der Waals surface area contributed by atoms with Crippen LogP contribution in [-0.4, -0.2) is 50.5 Å². The summed E-state index contributed by atoms with van der Waals surface area (Å²) in [6.45, 7) is 1.31. The smallest absolute Gasteiger partial charge is 0.261 e. The minimum absolute atomic E-state index is 0.0197. The van der Waals surface area contributed by atoms with Crippen LogP contribution in [0, 0.1) is 5.92 Å². The molecule has 2 aromatic rings. The van der Waals surface area contributed by atoms with Gasteiger partial charge in [-0.05, 0) is 42.3 Å². The van der Waals surface area contributed by atoms with E-state index in [-0.39, 0.29) is 28.8 Å². The number of amides is 1. The SMILES string of the molecule is O=C(NC1CC2CC1CN2S(=O)(=O)c1ccc2c(c1)OCCO2)c1cccs1. The monoisotopic (exact) mass is 420 g/mol. The first kappa shape index (κ1) is 18.0. The number of rotatable bonds is 4. The van der Waals surface area contributed by atoms with Gasteiger partial charge in [-0.15, -0.1) is 11.3 Å². The number of fused-ring (bicyclic) bond motifs is 3. The summed E-state index contributed by atoms with van der Waals surface area (Å²) in [5, 5.41) is 4.95. The Balaban J connectivity index is 1.31. The van der Waals surface area contributed by atoms with E-state index >= 15 is 0 Å². The van der Waals surface area contributed by atoms with Gasteiger partial charge >= 0.3 is 0 Å². The van der Waals surface area contributed by atoms with Gasteiger partial charge in [0.25, 0.3) is 5.91 Å². The second-order valence-electron chi connectivity index (χ2n) is 7.32. The molecule has 1 saturated heterocycles. The van der Waals surface area contributed by atoms with E-state index in [0.29, 0.717) is 42.6 Å². The fraction of sp³-hybridized carbons (Fsp3) is 0.421. The van der Waals surface area contributed by atoms with Gasteiger partial charge < -0.3 is 14.8 Å². The molecule has 3 heterocycles. The average molecular weight is 421 g/mol. The second kappa shape index (κ2) is 6.75. The van der Waals surface area contributed by atoms with Crippen molar-refractivity contribution in [2.75, 3.05) is 19.8 Å². The summed E-state index contributed by atoms with van der Waals surface area (Å²) in [4.78, 5) is 13.2. The van der Waals surface area contributed by atoms with Crippen LogP contribution < -0.4 is 14.8 Å². The molecule has 1 aromatic carbocycles. The van der Waals surface area contributed by atoms with Gasteiger partial charge in [-0.2, -0.15) is 4.31 Å². The van der Waals surface area contributed by atoms with Crippen LogP contribution in [0.3, 0.4) is 0 Å². The van der Waals surface area contributed by atoms with Gasteiger partial charge in [-0.25, -0.2) is 8.42 Å². The third-order valence-corrected chi connectivity index (χ3v) is 8.46. The molecule has 3 aliphatic rings. The fourth-order valence-electron chi connectivity index (χ4n) is 4.35. The molecule has 0 spiro atoms. The summed E-state index contributed by atoms with van der Waals surface area (Å²) in [5.74, 6) is 1.11. The third-order valence-electron chi connectivity index (χ3n) is 5.67. The maximum atomic E-state index is 13.2. The average Bonchev–Trinajstić information content (AvgIpc) is 3.44. The van der Waals surface area contributed by atoms with Crippen molar-refractivity contribution in [1.29, 1.82) is 0 Å². The highest BCUT2D eigenvalue weighted by atomic mass is 32.2. The van der Waals surface area contributed by atoms with Crippen molar-refractivity contribution < 1.29 is 22.7 Å². The summed E-state index contributed by atoms with van der Waals surface area (Å²) in [7, 11) is -3.61. The Bertz CT molecular complexity index is 1010. The lowest BCUT2D eigenvalue weighted by molar-refractivity contribution is 0.0923. The normalized spacial score (nSPS) is 26.4. The Kier molecular flexibility index (Phi) is 4.33. The molecule has 2 bridgehead atoms. The number of carbonyl (C=O) groups is 1. The Hall–Kier alpha value is -2.10. The lowest BCUT2D eigenvalue weighted by Crippen LogP contribution is -2.47. The molecule has 28 heavy (non-hydrogen) atoms. The first-order valence-electron chi connectivity index (χ1n) is 9.28. The lowest BCUT2D eigenvalue weighted by Gasteiger charge is -2.31. The highest BCUT2D eigenvalue weighted by molar-refractivity contribution is 7.89. The van der Waals surface area contributed by atoms with Crippen molar-refractivity contribution in [3.05, 3.63) is 40.6 Å². The molecular weight excluding hydrogens is 400 g/mol. The number of nitrogens with one attached hydrogen (secondary N) is 1. The van der Waals surface area contributed by atoms with Crippen molar-refractivity contribution in [3.63, 3.8) is 0 Å². The minimum Gasteiger partial charge on any atom is -0.486 e. The Morgan fingerprint density at radius 2 is 1.96 bits per heavy atom. The van der Waals surface area contributed by atoms with Crippen LogP contribution in [0.2, 0.25) is 0 Å². The second-order valence-corrected chi connectivity index (χ2v) is 10.2. The molecule has 3 atom stereocenters. The zero-order valence-corrected chi connectivity index (χ0v) is 16.7. The van der Waals surface area contributed by atoms with Gasteiger partial charge in [0.05, 0.1) is 9.77 Å². The predicted octanol–water partition coefficient (Wildman–Crippen LogP) is 2.10. The van der Waals surface area contributed by atoms with Crippen LogP contribution in [0.15, 0.2) is 40.6 Å². The summed E-state index contributed by atoms with van der Waals surface area (Å²) in [6.07, 6.45) is 1.42. The molecule has 1 saturated carbocycles. The van der Waals surface area contributed by atoms with Crippen molar-refractivity contribution in [3.8, 4) is 11.5 Å². The van der Waals surface area contributed by atoms with Crippen molar-refractivity contribution in [2.45, 2.75) is 29.8 Å². The van der Waals surface area contributed by atoms with Gasteiger partial charge in [0, 0.05) is 24.7 Å². The van der Waals surface area contributed by atoms with Gasteiger partial charge in [-0.1, -0.05) is 6.07 Å². The topological polar surface area (TPSA) is 84.9 Å². The molecule has 5 rings (SSSR count). The van der Waals surface area contributed by atoms with E-state index in [1.807, 2.05) is 11.4 Å². The summed E-state index contributed by atoms with van der Waals surface area (Å²) in [6, 6.07) is 8.35. The number of carbonyl (C=O) groups excluding carboxylic acids is 1. The van der Waals surface area contributed by atoms with Crippen molar-refractivity contribution in [1.82, 2.24) is 9.62 Å². The summed E-state index contributed by atoms with van der Waals surface area (Å²) in [5.41, 5.74) is 0. The number of hydrogen-bond acceptors (Lipinski definition) is 6. The van der Waals surface area contributed by atoms with E-state index in [0.717, 1.165) is 6.42 Å². The zero-order chi connectivity index (χ0) is 19.3. The minimum atomic E-state index is -3.61. The largest absolute Gasteiger partial charge is 0.486 e. The summed E-state index contributed by atoms with van der Waals surface area (Å²) < 4.78 is 38.9. The molecule has 0 radical (unpaired) electrons. The van der Waals surface area contributed by atoms with Crippen LogP contribution in [0.4, 0.5) is 0 Å². The molecule has 7 nitrogen and oxygen atoms in total. The molecular formula is C19H20N2O5S2. The maximum Gasteiger partial charge on any atom is 0.261 e. The van der Waals surface area contributed by atoms with E-state index in [2.05, 4.69) is 5.32 Å². The molecule has 3 unspecified atom stereocenters. The number of nitrogens with zero attached hydrogens (tertiary/aromatic N) is 1. The molecule has 2 aliphatic heterocycles. The fourth-order valence-corrected chi connectivity index (χ4v) is 6.70. The number of hydrogen-bond donors (Lipinski definition) is 1. The lowest BCUT2D eigenvalue weighted by atomic mass is 10.0. The molecule has 1 aromatic heterocycles. The quantitative estimate of drug-likeness (QED) is 0.819. The Morgan fingerprint density at radius 3 is 2.68 bits per heavy atom. The van der Waals surface area contributed by atoms with E-state index in [1.165, 1.54) is 11.3 Å². The van der Waals surface area contributed by atoms with Gasteiger partial charge in [0.2, 0.25) is 10.0 Å². The first-order chi connectivity index (χ1) is 13.5. The van der Waals surface area contributed by atoms with Crippen LogP contribution in [-0.2, 0) is 10.0 Å². The molecule has 9 heteroatoms. The highest BCUT2D eigenvalue weighted by Crippen LogP contribution is 2.42. The van der Waals surface area contributed by atoms with Crippen LogP contribution in [0.1, 0.15) is 22.5 Å². The van der Waals surface area contributed by atoms with Gasteiger partial charge in [0.15, 0.2) is 11.5 Å². The number of piperidine rings is 1. The maximum absolute atomic E-state index is 13.2. The van der Waals surface area contributed by atoms with Crippen LogP contribution >= 0.6 is 11.3 Å². The third kappa shape index (κ3) is 2.98. The standard InChI is InChI=1S/C19H20N2O5S2/c22-19(18-2-1-7-27-18)20-15-9-13-8-12(15)11-21(13)28(23,24)14-3-4-16-17(10-14)26-6-5-25-16/h1-4,7,10,12-13,15H,5-6,8-9,11H2,(H,20,22). The number of benzene rings is 1.